The van der Waals surface area contributed by atoms with Gasteiger partial charge in [0.2, 0.25) is 0 Å². The van der Waals surface area contributed by atoms with Crippen LogP contribution in [0.3, 0.4) is 0 Å². The molecule has 0 spiro atoms. The molecule has 1 saturated heterocycles. The normalized spacial score (nSPS) is 18.4. The van der Waals surface area contributed by atoms with E-state index in [9.17, 15) is 9.59 Å². The van der Waals surface area contributed by atoms with E-state index in [4.69, 9.17) is 18.9 Å². The Morgan fingerprint density at radius 1 is 1.13 bits per heavy atom. The number of fused-ring (bicyclic) bond motifs is 1. The largest absolute Gasteiger partial charge is 0.497 e. The molecule has 0 aliphatic carbocycles. The van der Waals surface area contributed by atoms with Gasteiger partial charge in [0.05, 0.1) is 20.3 Å². The number of carbonyl (C=O) groups excluding carboxylic acids is 2. The number of likely N-dealkylation sites (N-methyl/N-ethyl adjacent to an activating group) is 1. The average Bonchev–Trinajstić information content (AvgIpc) is 2.80. The Bertz CT molecular complexity index is 879. The first-order valence-corrected chi connectivity index (χ1v) is 10.6. The van der Waals surface area contributed by atoms with Crippen LogP contribution in [0.1, 0.15) is 31.2 Å². The Kier molecular flexibility index (Phi) is 8.49. The van der Waals surface area contributed by atoms with Gasteiger partial charge in [-0.3, -0.25) is 4.79 Å². The topological polar surface area (TPSA) is 95.1 Å². The van der Waals surface area contributed by atoms with Crippen LogP contribution in [0.5, 0.6) is 5.75 Å². The Morgan fingerprint density at radius 3 is 2.68 bits per heavy atom. The van der Waals surface area contributed by atoms with Crippen LogP contribution in [0.25, 0.3) is 10.8 Å². The second-order valence-corrected chi connectivity index (χ2v) is 7.33. The third kappa shape index (κ3) is 6.57. The fourth-order valence-corrected chi connectivity index (χ4v) is 3.55. The summed E-state index contributed by atoms with van der Waals surface area (Å²) in [5.41, 5.74) is 1.20. The number of hydrogen-bond donors (Lipinski definition) is 2. The molecule has 0 radical (unpaired) electrons. The summed E-state index contributed by atoms with van der Waals surface area (Å²) in [6.07, 6.45) is 0.444. The van der Waals surface area contributed by atoms with E-state index in [1.165, 1.54) is 10.9 Å². The van der Waals surface area contributed by atoms with Gasteiger partial charge in [0, 0.05) is 25.4 Å². The number of alkyl carbamates (subject to hydrolysis) is 1. The zero-order valence-corrected chi connectivity index (χ0v) is 18.0. The lowest BCUT2D eigenvalue weighted by atomic mass is 9.94. The van der Waals surface area contributed by atoms with Gasteiger partial charge in [-0.25, -0.2) is 4.79 Å². The SMILES string of the molecule is CCNC(=O)COC(=O)NCCCC1OCC(c2cccc3cc(OC)ccc23)CO1. The maximum absolute atomic E-state index is 11.6. The summed E-state index contributed by atoms with van der Waals surface area (Å²) in [5.74, 6) is 0.680. The van der Waals surface area contributed by atoms with Crippen LogP contribution in [0.2, 0.25) is 0 Å². The van der Waals surface area contributed by atoms with Crippen LogP contribution in [0, 0.1) is 0 Å². The van der Waals surface area contributed by atoms with Gasteiger partial charge in [0.25, 0.3) is 5.91 Å². The number of nitrogens with one attached hydrogen (secondary N) is 2. The second kappa shape index (κ2) is 11.5. The van der Waals surface area contributed by atoms with E-state index >= 15 is 0 Å². The van der Waals surface area contributed by atoms with Gasteiger partial charge in [-0.1, -0.05) is 24.3 Å². The van der Waals surface area contributed by atoms with Crippen LogP contribution in [-0.4, -0.2) is 58.3 Å². The van der Waals surface area contributed by atoms with Crippen LogP contribution >= 0.6 is 0 Å². The highest BCUT2D eigenvalue weighted by atomic mass is 16.7. The van der Waals surface area contributed by atoms with Crippen molar-refractivity contribution in [2.75, 3.05) is 40.0 Å². The second-order valence-electron chi connectivity index (χ2n) is 7.33. The molecule has 168 valence electrons. The van der Waals surface area contributed by atoms with Gasteiger partial charge in [0.1, 0.15) is 5.75 Å². The summed E-state index contributed by atoms with van der Waals surface area (Å²) >= 11 is 0. The molecule has 1 fully saturated rings. The molecule has 3 rings (SSSR count). The van der Waals surface area contributed by atoms with Crippen LogP contribution < -0.4 is 15.4 Å². The molecule has 2 aromatic rings. The number of ether oxygens (including phenoxy) is 4. The maximum Gasteiger partial charge on any atom is 0.407 e. The Morgan fingerprint density at radius 2 is 1.94 bits per heavy atom. The minimum atomic E-state index is -0.607. The first-order chi connectivity index (χ1) is 15.1. The molecule has 2 N–H and O–H groups in total. The molecular weight excluding hydrogens is 400 g/mol. The minimum absolute atomic E-state index is 0.163. The van der Waals surface area contributed by atoms with Crippen LogP contribution in [-0.2, 0) is 19.0 Å². The molecule has 0 aromatic heterocycles. The van der Waals surface area contributed by atoms with Crippen molar-refractivity contribution >= 4 is 22.8 Å². The van der Waals surface area contributed by atoms with Crippen molar-refractivity contribution in [2.45, 2.75) is 32.0 Å². The molecular formula is C23H30N2O6. The fraction of sp³-hybridized carbons (Fsp3) is 0.478. The summed E-state index contributed by atoms with van der Waals surface area (Å²) < 4.78 is 22.0. The molecule has 2 aromatic carbocycles. The third-order valence-corrected chi connectivity index (χ3v) is 5.12. The highest BCUT2D eigenvalue weighted by Gasteiger charge is 2.24. The molecule has 31 heavy (non-hydrogen) atoms. The highest BCUT2D eigenvalue weighted by Crippen LogP contribution is 2.31. The molecule has 1 aliphatic rings. The number of rotatable bonds is 9. The minimum Gasteiger partial charge on any atom is -0.497 e. The van der Waals surface area contributed by atoms with E-state index in [0.717, 1.165) is 11.1 Å². The van der Waals surface area contributed by atoms with Crippen molar-refractivity contribution < 1.29 is 28.5 Å². The van der Waals surface area contributed by atoms with Crippen molar-refractivity contribution in [1.82, 2.24) is 10.6 Å². The van der Waals surface area contributed by atoms with Gasteiger partial charge >= 0.3 is 6.09 Å². The molecule has 1 heterocycles. The number of carbonyl (C=O) groups is 2. The Labute approximate surface area is 182 Å². The zero-order chi connectivity index (χ0) is 22.1. The van der Waals surface area contributed by atoms with E-state index in [-0.39, 0.29) is 24.7 Å². The zero-order valence-electron chi connectivity index (χ0n) is 18.0. The first-order valence-electron chi connectivity index (χ1n) is 10.6. The van der Waals surface area contributed by atoms with Gasteiger partial charge in [-0.15, -0.1) is 0 Å². The summed E-state index contributed by atoms with van der Waals surface area (Å²) in [6, 6.07) is 12.3. The summed E-state index contributed by atoms with van der Waals surface area (Å²) in [6.45, 7) is 3.61. The molecule has 0 unspecified atom stereocenters. The lowest BCUT2D eigenvalue weighted by Crippen LogP contribution is -2.33. The summed E-state index contributed by atoms with van der Waals surface area (Å²) in [5, 5.41) is 7.48. The monoisotopic (exact) mass is 430 g/mol. The number of hydrogen-bond acceptors (Lipinski definition) is 6. The molecule has 0 bridgehead atoms. The van der Waals surface area contributed by atoms with Crippen molar-refractivity contribution in [3.63, 3.8) is 0 Å². The Balaban J connectivity index is 1.39. The lowest BCUT2D eigenvalue weighted by molar-refractivity contribution is -0.189. The predicted molar refractivity (Wildman–Crippen MR) is 116 cm³/mol. The highest BCUT2D eigenvalue weighted by molar-refractivity contribution is 5.87. The van der Waals surface area contributed by atoms with Gasteiger partial charge in [-0.2, -0.15) is 0 Å². The lowest BCUT2D eigenvalue weighted by Gasteiger charge is -2.30. The molecule has 2 amide bonds. The Hall–Kier alpha value is -2.84. The van der Waals surface area contributed by atoms with Gasteiger partial charge < -0.3 is 29.6 Å². The molecule has 1 aliphatic heterocycles. The van der Waals surface area contributed by atoms with Crippen LogP contribution in [0.15, 0.2) is 36.4 Å². The summed E-state index contributed by atoms with van der Waals surface area (Å²) in [7, 11) is 1.67. The number of benzene rings is 2. The first kappa shape index (κ1) is 22.8. The van der Waals surface area contributed by atoms with Crippen molar-refractivity contribution in [3.05, 3.63) is 42.0 Å². The fourth-order valence-electron chi connectivity index (χ4n) is 3.55. The predicted octanol–water partition coefficient (Wildman–Crippen LogP) is 2.95. The summed E-state index contributed by atoms with van der Waals surface area (Å²) in [4.78, 5) is 22.8. The van der Waals surface area contributed by atoms with E-state index < -0.39 is 6.09 Å². The standard InChI is InChI=1S/C23H30N2O6/c1-3-24-21(26)15-31-23(27)25-11-5-8-22-29-13-17(14-30-22)19-7-4-6-16-12-18(28-2)9-10-20(16)19/h4,6-7,9-10,12,17,22H,3,5,8,11,13-15H2,1-2H3,(H,24,26)(H,25,27). The molecule has 0 saturated carbocycles. The third-order valence-electron chi connectivity index (χ3n) is 5.12. The van der Waals surface area contributed by atoms with Crippen molar-refractivity contribution in [2.24, 2.45) is 0 Å². The molecule has 8 nitrogen and oxygen atoms in total. The smallest absolute Gasteiger partial charge is 0.407 e. The van der Waals surface area contributed by atoms with E-state index in [1.54, 1.807) is 14.0 Å². The van der Waals surface area contributed by atoms with Crippen molar-refractivity contribution in [1.29, 1.82) is 0 Å². The number of methoxy groups -OCH3 is 1. The molecule has 8 heteroatoms. The van der Waals surface area contributed by atoms with Gasteiger partial charge in [-0.05, 0) is 41.8 Å². The number of amides is 2. The maximum atomic E-state index is 11.6. The van der Waals surface area contributed by atoms with E-state index in [1.807, 2.05) is 18.2 Å². The quantitative estimate of drug-likeness (QED) is 0.594. The van der Waals surface area contributed by atoms with E-state index in [0.29, 0.717) is 39.1 Å². The molecule has 0 atom stereocenters. The van der Waals surface area contributed by atoms with Crippen molar-refractivity contribution in [3.8, 4) is 5.75 Å². The van der Waals surface area contributed by atoms with E-state index in [2.05, 4.69) is 28.8 Å². The average molecular weight is 431 g/mol. The van der Waals surface area contributed by atoms with Crippen LogP contribution in [0.4, 0.5) is 4.79 Å². The van der Waals surface area contributed by atoms with Gasteiger partial charge in [0.15, 0.2) is 12.9 Å².